The highest BCUT2D eigenvalue weighted by Crippen LogP contribution is 2.74. The van der Waals surface area contributed by atoms with Crippen LogP contribution in [-0.4, -0.2) is 11.1 Å². The first-order valence-corrected chi connectivity index (χ1v) is 14.2. The SMILES string of the molecule is CC(=O)O.CC(C)=CCCC(C)C1=C2CCC3C4(C)CCCC(C)(C)C4CCC3(C)C2(C)CC1. The van der Waals surface area contributed by atoms with Gasteiger partial charge in [0.25, 0.3) is 5.97 Å². The van der Waals surface area contributed by atoms with Gasteiger partial charge in [0, 0.05) is 6.92 Å². The van der Waals surface area contributed by atoms with Crippen LogP contribution in [0.2, 0.25) is 0 Å². The molecule has 4 aliphatic rings. The second-order valence-corrected chi connectivity index (χ2v) is 14.1. The highest BCUT2D eigenvalue weighted by Gasteiger charge is 2.65. The van der Waals surface area contributed by atoms with Gasteiger partial charge in [-0.15, -0.1) is 0 Å². The zero-order chi connectivity index (χ0) is 25.5. The first kappa shape index (κ1) is 27.5. The predicted octanol–water partition coefficient (Wildman–Crippen LogP) is 9.60. The molecule has 0 radical (unpaired) electrons. The molecule has 1 N–H and O–H groups in total. The van der Waals surface area contributed by atoms with Gasteiger partial charge in [0.05, 0.1) is 0 Å². The number of hydrogen-bond acceptors (Lipinski definition) is 1. The molecule has 0 bridgehead atoms. The highest BCUT2D eigenvalue weighted by molar-refractivity contribution is 5.62. The van der Waals surface area contributed by atoms with Crippen LogP contribution in [0.3, 0.4) is 0 Å². The minimum absolute atomic E-state index is 0.464. The fourth-order valence-electron chi connectivity index (χ4n) is 9.69. The summed E-state index contributed by atoms with van der Waals surface area (Å²) in [6.45, 7) is 21.5. The molecule has 0 aliphatic heterocycles. The van der Waals surface area contributed by atoms with Crippen molar-refractivity contribution in [2.24, 2.45) is 39.4 Å². The predicted molar refractivity (Wildman–Crippen MR) is 145 cm³/mol. The second-order valence-electron chi connectivity index (χ2n) is 14.1. The molecule has 0 aromatic heterocycles. The summed E-state index contributed by atoms with van der Waals surface area (Å²) >= 11 is 0. The van der Waals surface area contributed by atoms with Crippen LogP contribution in [0.4, 0.5) is 0 Å². The van der Waals surface area contributed by atoms with E-state index in [1.807, 2.05) is 11.1 Å². The average molecular weight is 471 g/mol. The second kappa shape index (κ2) is 9.78. The topological polar surface area (TPSA) is 37.3 Å². The van der Waals surface area contributed by atoms with E-state index in [0.717, 1.165) is 24.7 Å². The van der Waals surface area contributed by atoms with Gasteiger partial charge in [-0.25, -0.2) is 0 Å². The van der Waals surface area contributed by atoms with E-state index in [1.54, 1.807) is 0 Å². The summed E-state index contributed by atoms with van der Waals surface area (Å²) in [6, 6.07) is 0. The van der Waals surface area contributed by atoms with Crippen LogP contribution >= 0.6 is 0 Å². The molecule has 3 fully saturated rings. The Kier molecular flexibility index (Phi) is 7.92. The smallest absolute Gasteiger partial charge is 0.300 e. The Labute approximate surface area is 211 Å². The zero-order valence-electron chi connectivity index (χ0n) is 23.9. The lowest BCUT2D eigenvalue weighted by Gasteiger charge is -2.68. The van der Waals surface area contributed by atoms with E-state index in [-0.39, 0.29) is 0 Å². The number of aliphatic carboxylic acids is 1. The van der Waals surface area contributed by atoms with Crippen LogP contribution in [0.1, 0.15) is 133 Å². The number of carboxylic acids is 1. The summed E-state index contributed by atoms with van der Waals surface area (Å²) < 4.78 is 0. The lowest BCUT2D eigenvalue weighted by Crippen LogP contribution is -2.60. The molecule has 0 aromatic carbocycles. The molecule has 0 saturated heterocycles. The van der Waals surface area contributed by atoms with Crippen molar-refractivity contribution in [2.45, 2.75) is 133 Å². The summed E-state index contributed by atoms with van der Waals surface area (Å²) in [7, 11) is 0. The molecule has 2 nitrogen and oxygen atoms in total. The molecule has 2 heteroatoms. The number of rotatable bonds is 4. The van der Waals surface area contributed by atoms with E-state index in [2.05, 4.69) is 61.5 Å². The fraction of sp³-hybridized carbons (Fsp3) is 0.844. The number of allylic oxidation sites excluding steroid dienone is 4. The van der Waals surface area contributed by atoms with Crippen LogP contribution in [0.5, 0.6) is 0 Å². The monoisotopic (exact) mass is 470 g/mol. The third-order valence-corrected chi connectivity index (χ3v) is 11.4. The molecule has 0 amide bonds. The van der Waals surface area contributed by atoms with Crippen molar-refractivity contribution >= 4 is 5.97 Å². The fourth-order valence-corrected chi connectivity index (χ4v) is 9.69. The minimum atomic E-state index is -0.833. The molecule has 194 valence electrons. The van der Waals surface area contributed by atoms with Crippen molar-refractivity contribution in [3.63, 3.8) is 0 Å². The van der Waals surface area contributed by atoms with Crippen molar-refractivity contribution in [3.8, 4) is 0 Å². The summed E-state index contributed by atoms with van der Waals surface area (Å²) in [6.07, 6.45) is 18.1. The molecule has 0 spiro atoms. The molecule has 6 unspecified atom stereocenters. The lowest BCUT2D eigenvalue weighted by molar-refractivity contribution is -0.173. The number of fused-ring (bicyclic) bond motifs is 5. The van der Waals surface area contributed by atoms with E-state index >= 15 is 0 Å². The van der Waals surface area contributed by atoms with E-state index < -0.39 is 5.97 Å². The maximum Gasteiger partial charge on any atom is 0.300 e. The number of carboxylic acid groups (broad SMARTS) is 1. The van der Waals surface area contributed by atoms with Gasteiger partial charge in [0.15, 0.2) is 0 Å². The summed E-state index contributed by atoms with van der Waals surface area (Å²) in [5.41, 5.74) is 7.39. The van der Waals surface area contributed by atoms with Gasteiger partial charge in [-0.05, 0) is 117 Å². The van der Waals surface area contributed by atoms with Gasteiger partial charge < -0.3 is 5.11 Å². The van der Waals surface area contributed by atoms with Gasteiger partial charge >= 0.3 is 0 Å². The molecule has 0 aromatic rings. The first-order chi connectivity index (χ1) is 15.7. The molecule has 6 atom stereocenters. The van der Waals surface area contributed by atoms with Gasteiger partial charge in [-0.3, -0.25) is 4.79 Å². The van der Waals surface area contributed by atoms with Crippen molar-refractivity contribution in [3.05, 3.63) is 22.8 Å². The van der Waals surface area contributed by atoms with Crippen LogP contribution < -0.4 is 0 Å². The van der Waals surface area contributed by atoms with Crippen molar-refractivity contribution in [1.29, 1.82) is 0 Å². The van der Waals surface area contributed by atoms with E-state index in [9.17, 15) is 0 Å². The largest absolute Gasteiger partial charge is 0.481 e. The van der Waals surface area contributed by atoms with E-state index in [4.69, 9.17) is 9.90 Å². The van der Waals surface area contributed by atoms with E-state index in [0.29, 0.717) is 21.7 Å². The summed E-state index contributed by atoms with van der Waals surface area (Å²) in [5.74, 6) is 1.81. The van der Waals surface area contributed by atoms with E-state index in [1.165, 1.54) is 76.2 Å². The van der Waals surface area contributed by atoms with Crippen LogP contribution in [-0.2, 0) is 4.79 Å². The van der Waals surface area contributed by atoms with Gasteiger partial charge in [-0.1, -0.05) is 70.8 Å². The highest BCUT2D eigenvalue weighted by atomic mass is 16.4. The Bertz CT molecular complexity index is 824. The Hall–Kier alpha value is -1.05. The summed E-state index contributed by atoms with van der Waals surface area (Å²) in [4.78, 5) is 9.00. The minimum Gasteiger partial charge on any atom is -0.481 e. The molecule has 3 saturated carbocycles. The van der Waals surface area contributed by atoms with Crippen LogP contribution in [0, 0.1) is 39.4 Å². The Morgan fingerprint density at radius 2 is 1.62 bits per heavy atom. The molecular formula is C32H54O2. The molecule has 4 rings (SSSR count). The summed E-state index contributed by atoms with van der Waals surface area (Å²) in [5, 5.41) is 7.42. The lowest BCUT2D eigenvalue weighted by atomic mass is 9.36. The van der Waals surface area contributed by atoms with Crippen molar-refractivity contribution < 1.29 is 9.90 Å². The van der Waals surface area contributed by atoms with Crippen LogP contribution in [0.25, 0.3) is 0 Å². The molecule has 0 heterocycles. The van der Waals surface area contributed by atoms with Crippen molar-refractivity contribution in [2.75, 3.05) is 0 Å². The normalized spacial score (nSPS) is 39.1. The van der Waals surface area contributed by atoms with Gasteiger partial charge in [0.1, 0.15) is 0 Å². The number of hydrogen-bond donors (Lipinski definition) is 1. The maximum atomic E-state index is 9.00. The zero-order valence-corrected chi connectivity index (χ0v) is 23.9. The molecule has 4 aliphatic carbocycles. The quantitative estimate of drug-likeness (QED) is 0.415. The Balaban J connectivity index is 0.000000751. The third-order valence-electron chi connectivity index (χ3n) is 11.4. The van der Waals surface area contributed by atoms with Gasteiger partial charge in [-0.2, -0.15) is 0 Å². The Morgan fingerprint density at radius 3 is 2.24 bits per heavy atom. The number of carbonyl (C=O) groups is 1. The van der Waals surface area contributed by atoms with Gasteiger partial charge in [0.2, 0.25) is 0 Å². The molecule has 34 heavy (non-hydrogen) atoms. The van der Waals surface area contributed by atoms with Crippen LogP contribution in [0.15, 0.2) is 22.8 Å². The maximum absolute atomic E-state index is 9.00. The standard InChI is InChI=1S/C30H50.C2H4O2/c1-21(2)11-9-12-22(3)23-15-19-29(7)24(23)13-14-26-28(6)18-10-17-27(4,5)25(28)16-20-30(26,29)8;1-2(3)4/h11,22,25-26H,9-10,12-20H2,1-8H3;1H3,(H,3,4). The molecular weight excluding hydrogens is 416 g/mol. The first-order valence-electron chi connectivity index (χ1n) is 14.2. The van der Waals surface area contributed by atoms with Crippen molar-refractivity contribution in [1.82, 2.24) is 0 Å². The third kappa shape index (κ3) is 4.69. The Morgan fingerprint density at radius 1 is 0.971 bits per heavy atom. The average Bonchev–Trinajstić information content (AvgIpc) is 3.05.